The summed E-state index contributed by atoms with van der Waals surface area (Å²) in [6, 6.07) is 7.07. The van der Waals surface area contributed by atoms with Crippen LogP contribution in [-0.4, -0.2) is 14.9 Å². The number of aromatic nitrogens is 2. The predicted octanol–water partition coefficient (Wildman–Crippen LogP) is 3.01. The molecule has 100 valence electrons. The summed E-state index contributed by atoms with van der Waals surface area (Å²) in [6.07, 6.45) is 0. The van der Waals surface area contributed by atoms with Crippen molar-refractivity contribution in [1.29, 1.82) is 5.26 Å². The molecule has 0 aliphatic heterocycles. The molecule has 0 fully saturated rings. The Bertz CT molecular complexity index is 727. The zero-order valence-electron chi connectivity index (χ0n) is 10.2. The predicted molar refractivity (Wildman–Crippen MR) is 69.7 cm³/mol. The van der Waals surface area contributed by atoms with E-state index in [1.807, 2.05) is 6.07 Å². The van der Waals surface area contributed by atoms with Crippen molar-refractivity contribution in [3.63, 3.8) is 0 Å². The van der Waals surface area contributed by atoms with E-state index in [0.29, 0.717) is 5.69 Å². The van der Waals surface area contributed by atoms with Gasteiger partial charge in [0, 0.05) is 22.8 Å². The lowest BCUT2D eigenvalue weighted by Crippen LogP contribution is -1.99. The smallest absolute Gasteiger partial charge is 0.323 e. The molecule has 1 aromatic carbocycles. The standard InChI is InChI=1S/C12H7ClN4O3/c1-7-4-9(6-14)16-12(15-7)20-11-5-8(13)2-3-10(11)17(18)19/h2-5H,1H3. The average molecular weight is 291 g/mol. The van der Waals surface area contributed by atoms with Crippen molar-refractivity contribution in [2.45, 2.75) is 6.92 Å². The number of nitro groups is 1. The van der Waals surface area contributed by atoms with Crippen LogP contribution < -0.4 is 4.74 Å². The number of nitrogens with zero attached hydrogens (tertiary/aromatic N) is 4. The fourth-order valence-electron chi connectivity index (χ4n) is 1.46. The van der Waals surface area contributed by atoms with E-state index < -0.39 is 4.92 Å². The van der Waals surface area contributed by atoms with Gasteiger partial charge in [-0.25, -0.2) is 4.98 Å². The van der Waals surface area contributed by atoms with Gasteiger partial charge >= 0.3 is 11.7 Å². The quantitative estimate of drug-likeness (QED) is 0.636. The summed E-state index contributed by atoms with van der Waals surface area (Å²) < 4.78 is 5.28. The Labute approximate surface area is 118 Å². The summed E-state index contributed by atoms with van der Waals surface area (Å²) in [5.41, 5.74) is 0.353. The number of ether oxygens (including phenoxy) is 1. The molecule has 1 heterocycles. The third kappa shape index (κ3) is 2.99. The number of nitro benzene ring substituents is 1. The molecule has 2 rings (SSSR count). The van der Waals surface area contributed by atoms with Gasteiger partial charge in [0.2, 0.25) is 5.75 Å². The van der Waals surface area contributed by atoms with Gasteiger partial charge in [-0.2, -0.15) is 10.2 Å². The zero-order chi connectivity index (χ0) is 14.7. The molecule has 0 unspecified atom stereocenters. The molecule has 0 saturated carbocycles. The van der Waals surface area contributed by atoms with Crippen LogP contribution in [0.1, 0.15) is 11.4 Å². The maximum absolute atomic E-state index is 10.9. The Kier molecular flexibility index (Phi) is 3.77. The van der Waals surface area contributed by atoms with Gasteiger partial charge in [-0.1, -0.05) is 11.6 Å². The van der Waals surface area contributed by atoms with Crippen LogP contribution in [0, 0.1) is 28.4 Å². The summed E-state index contributed by atoms with van der Waals surface area (Å²) in [5, 5.41) is 20.0. The Morgan fingerprint density at radius 2 is 2.15 bits per heavy atom. The number of halogens is 1. The second kappa shape index (κ2) is 5.50. The van der Waals surface area contributed by atoms with Crippen LogP contribution in [0.4, 0.5) is 5.69 Å². The maximum Gasteiger partial charge on any atom is 0.323 e. The summed E-state index contributed by atoms with van der Waals surface area (Å²) in [6.45, 7) is 1.65. The first-order valence-electron chi connectivity index (χ1n) is 5.37. The molecule has 0 saturated heterocycles. The van der Waals surface area contributed by atoms with Gasteiger partial charge in [0.25, 0.3) is 0 Å². The molecule has 0 atom stereocenters. The number of hydrogen-bond acceptors (Lipinski definition) is 6. The van der Waals surface area contributed by atoms with E-state index in [1.165, 1.54) is 24.3 Å². The molecule has 0 radical (unpaired) electrons. The monoisotopic (exact) mass is 290 g/mol. The average Bonchev–Trinajstić information content (AvgIpc) is 2.37. The van der Waals surface area contributed by atoms with Crippen LogP contribution >= 0.6 is 11.6 Å². The second-order valence-electron chi connectivity index (χ2n) is 3.76. The molecule has 1 aromatic heterocycles. The van der Waals surface area contributed by atoms with Crippen LogP contribution in [0.15, 0.2) is 24.3 Å². The minimum absolute atomic E-state index is 0.0861. The van der Waals surface area contributed by atoms with E-state index in [4.69, 9.17) is 21.6 Å². The van der Waals surface area contributed by atoms with Crippen molar-refractivity contribution in [3.05, 3.63) is 50.8 Å². The summed E-state index contributed by atoms with van der Waals surface area (Å²) in [4.78, 5) is 18.1. The van der Waals surface area contributed by atoms with E-state index in [0.717, 1.165) is 0 Å². The highest BCUT2D eigenvalue weighted by Crippen LogP contribution is 2.32. The third-order valence-corrected chi connectivity index (χ3v) is 2.50. The molecular formula is C12H7ClN4O3. The highest BCUT2D eigenvalue weighted by molar-refractivity contribution is 6.30. The van der Waals surface area contributed by atoms with Crippen molar-refractivity contribution < 1.29 is 9.66 Å². The van der Waals surface area contributed by atoms with E-state index in [9.17, 15) is 10.1 Å². The molecule has 2 aromatic rings. The lowest BCUT2D eigenvalue weighted by Gasteiger charge is -2.05. The van der Waals surface area contributed by atoms with Gasteiger partial charge < -0.3 is 4.74 Å². The molecule has 0 spiro atoms. The first-order valence-corrected chi connectivity index (χ1v) is 5.75. The first kappa shape index (κ1) is 13.7. The minimum atomic E-state index is -0.605. The van der Waals surface area contributed by atoms with Gasteiger partial charge in [-0.05, 0) is 19.1 Å². The van der Waals surface area contributed by atoms with Crippen molar-refractivity contribution >= 4 is 17.3 Å². The van der Waals surface area contributed by atoms with Crippen LogP contribution in [0.2, 0.25) is 5.02 Å². The molecule has 7 nitrogen and oxygen atoms in total. The maximum atomic E-state index is 10.9. The zero-order valence-corrected chi connectivity index (χ0v) is 11.0. The highest BCUT2D eigenvalue weighted by atomic mass is 35.5. The Morgan fingerprint density at radius 3 is 2.80 bits per heavy atom. The summed E-state index contributed by atoms with van der Waals surface area (Å²) in [5.74, 6) is -0.0861. The molecule has 8 heteroatoms. The Hall–Kier alpha value is -2.72. The Morgan fingerprint density at radius 1 is 1.40 bits per heavy atom. The second-order valence-corrected chi connectivity index (χ2v) is 4.20. The largest absolute Gasteiger partial charge is 0.417 e. The molecule has 0 N–H and O–H groups in total. The fourth-order valence-corrected chi connectivity index (χ4v) is 1.63. The molecule has 0 aliphatic carbocycles. The van der Waals surface area contributed by atoms with E-state index in [1.54, 1.807) is 6.92 Å². The number of hydrogen-bond donors (Lipinski definition) is 0. The lowest BCUT2D eigenvalue weighted by molar-refractivity contribution is -0.385. The highest BCUT2D eigenvalue weighted by Gasteiger charge is 2.17. The normalized spacial score (nSPS) is 9.85. The van der Waals surface area contributed by atoms with Crippen LogP contribution in [0.5, 0.6) is 11.8 Å². The van der Waals surface area contributed by atoms with Crippen molar-refractivity contribution in [2.75, 3.05) is 0 Å². The van der Waals surface area contributed by atoms with Crippen molar-refractivity contribution in [2.24, 2.45) is 0 Å². The van der Waals surface area contributed by atoms with Crippen LogP contribution in [0.25, 0.3) is 0 Å². The van der Waals surface area contributed by atoms with Gasteiger partial charge in [0.1, 0.15) is 11.8 Å². The Balaban J connectivity index is 2.44. The number of rotatable bonds is 3. The fraction of sp³-hybridized carbons (Fsp3) is 0.0833. The SMILES string of the molecule is Cc1cc(C#N)nc(Oc2cc(Cl)ccc2[N+](=O)[O-])n1. The molecule has 0 amide bonds. The number of aryl methyl sites for hydroxylation is 1. The minimum Gasteiger partial charge on any atom is -0.417 e. The van der Waals surface area contributed by atoms with E-state index in [2.05, 4.69) is 9.97 Å². The first-order chi connectivity index (χ1) is 9.49. The lowest BCUT2D eigenvalue weighted by atomic mass is 10.3. The number of benzene rings is 1. The summed E-state index contributed by atoms with van der Waals surface area (Å²) >= 11 is 5.78. The van der Waals surface area contributed by atoms with Crippen molar-refractivity contribution in [3.8, 4) is 17.8 Å². The van der Waals surface area contributed by atoms with Crippen LogP contribution in [-0.2, 0) is 0 Å². The molecular weight excluding hydrogens is 284 g/mol. The van der Waals surface area contributed by atoms with Crippen molar-refractivity contribution in [1.82, 2.24) is 9.97 Å². The van der Waals surface area contributed by atoms with E-state index >= 15 is 0 Å². The molecule has 0 bridgehead atoms. The molecule has 0 aliphatic rings. The summed E-state index contributed by atoms with van der Waals surface area (Å²) in [7, 11) is 0. The van der Waals surface area contributed by atoms with Gasteiger partial charge in [-0.3, -0.25) is 10.1 Å². The molecule has 20 heavy (non-hydrogen) atoms. The van der Waals surface area contributed by atoms with Crippen LogP contribution in [0.3, 0.4) is 0 Å². The van der Waals surface area contributed by atoms with E-state index in [-0.39, 0.29) is 28.2 Å². The topological polar surface area (TPSA) is 102 Å². The van der Waals surface area contributed by atoms with Gasteiger partial charge in [0.15, 0.2) is 0 Å². The third-order valence-electron chi connectivity index (χ3n) is 2.27. The van der Waals surface area contributed by atoms with Gasteiger partial charge in [0.05, 0.1) is 4.92 Å². The van der Waals surface area contributed by atoms with Gasteiger partial charge in [-0.15, -0.1) is 0 Å². The number of nitriles is 1.